The predicted molar refractivity (Wildman–Crippen MR) is 68.3 cm³/mol. The van der Waals surface area contributed by atoms with Gasteiger partial charge in [0.2, 0.25) is 0 Å². The van der Waals surface area contributed by atoms with E-state index in [-0.39, 0.29) is 6.09 Å². The molecular formula is C14H17NO2. The zero-order chi connectivity index (χ0) is 12.3. The molecule has 0 saturated carbocycles. The number of aryl methyl sites for hydroxylation is 1. The molecule has 0 aliphatic rings. The average Bonchev–Trinajstić information content (AvgIpc) is 2.74. The Morgan fingerprint density at radius 2 is 2.18 bits per heavy atom. The Hall–Kier alpha value is -1.77. The van der Waals surface area contributed by atoms with Crippen molar-refractivity contribution >= 4 is 17.0 Å². The first-order chi connectivity index (χ1) is 8.24. The SMILES string of the molecule is CCCCOC(=O)n1ccc2c(C)cccc21. The number of fused-ring (bicyclic) bond motifs is 1. The summed E-state index contributed by atoms with van der Waals surface area (Å²) < 4.78 is 6.77. The number of carbonyl (C=O) groups excluding carboxylic acids is 1. The van der Waals surface area contributed by atoms with Crippen LogP contribution in [-0.2, 0) is 4.74 Å². The lowest BCUT2D eigenvalue weighted by Gasteiger charge is -2.06. The first-order valence-corrected chi connectivity index (χ1v) is 5.98. The molecule has 2 aromatic rings. The second-order valence-electron chi connectivity index (χ2n) is 4.16. The van der Waals surface area contributed by atoms with Crippen molar-refractivity contribution < 1.29 is 9.53 Å². The van der Waals surface area contributed by atoms with Gasteiger partial charge in [-0.15, -0.1) is 0 Å². The molecule has 0 unspecified atom stereocenters. The van der Waals surface area contributed by atoms with Crippen LogP contribution in [0.25, 0.3) is 10.9 Å². The summed E-state index contributed by atoms with van der Waals surface area (Å²) in [5.74, 6) is 0. The van der Waals surface area contributed by atoms with Gasteiger partial charge in [-0.3, -0.25) is 4.57 Å². The van der Waals surface area contributed by atoms with Crippen molar-refractivity contribution in [1.29, 1.82) is 0 Å². The van der Waals surface area contributed by atoms with Crippen LogP contribution in [0.15, 0.2) is 30.5 Å². The van der Waals surface area contributed by atoms with E-state index in [1.807, 2.05) is 31.2 Å². The van der Waals surface area contributed by atoms with Crippen LogP contribution in [0.4, 0.5) is 4.79 Å². The standard InChI is InChI=1S/C14H17NO2/c1-3-4-10-17-14(16)15-9-8-12-11(2)6-5-7-13(12)15/h5-9H,3-4,10H2,1-2H3. The lowest BCUT2D eigenvalue weighted by Crippen LogP contribution is -2.13. The molecule has 0 fully saturated rings. The maximum Gasteiger partial charge on any atom is 0.418 e. The average molecular weight is 231 g/mol. The molecule has 1 heterocycles. The van der Waals surface area contributed by atoms with Gasteiger partial charge >= 0.3 is 6.09 Å². The Morgan fingerprint density at radius 1 is 1.35 bits per heavy atom. The van der Waals surface area contributed by atoms with E-state index in [0.29, 0.717) is 6.61 Å². The fourth-order valence-corrected chi connectivity index (χ4v) is 1.85. The van der Waals surface area contributed by atoms with Crippen LogP contribution in [0.1, 0.15) is 25.3 Å². The molecule has 0 aliphatic carbocycles. The van der Waals surface area contributed by atoms with E-state index in [2.05, 4.69) is 6.92 Å². The fourth-order valence-electron chi connectivity index (χ4n) is 1.85. The number of hydrogen-bond donors (Lipinski definition) is 0. The topological polar surface area (TPSA) is 31.2 Å². The highest BCUT2D eigenvalue weighted by molar-refractivity contribution is 5.91. The molecule has 3 nitrogen and oxygen atoms in total. The Balaban J connectivity index is 2.24. The highest BCUT2D eigenvalue weighted by Gasteiger charge is 2.10. The monoisotopic (exact) mass is 231 g/mol. The van der Waals surface area contributed by atoms with Crippen molar-refractivity contribution in [2.75, 3.05) is 6.61 Å². The smallest absolute Gasteiger partial charge is 0.418 e. The number of aromatic nitrogens is 1. The summed E-state index contributed by atoms with van der Waals surface area (Å²) in [7, 11) is 0. The summed E-state index contributed by atoms with van der Waals surface area (Å²) in [5, 5.41) is 1.10. The third kappa shape index (κ3) is 2.33. The van der Waals surface area contributed by atoms with Gasteiger partial charge in [0.05, 0.1) is 12.1 Å². The van der Waals surface area contributed by atoms with E-state index in [9.17, 15) is 4.79 Å². The summed E-state index contributed by atoms with van der Waals surface area (Å²) in [6.45, 7) is 4.60. The summed E-state index contributed by atoms with van der Waals surface area (Å²) >= 11 is 0. The molecule has 0 radical (unpaired) electrons. The summed E-state index contributed by atoms with van der Waals surface area (Å²) in [4.78, 5) is 11.8. The van der Waals surface area contributed by atoms with Crippen molar-refractivity contribution in [1.82, 2.24) is 4.57 Å². The molecule has 1 aromatic carbocycles. The Labute approximate surface area is 101 Å². The number of hydrogen-bond acceptors (Lipinski definition) is 2. The van der Waals surface area contributed by atoms with E-state index < -0.39 is 0 Å². The Kier molecular flexibility index (Phi) is 3.47. The second kappa shape index (κ2) is 5.04. The third-order valence-electron chi connectivity index (χ3n) is 2.87. The second-order valence-corrected chi connectivity index (χ2v) is 4.16. The van der Waals surface area contributed by atoms with Gasteiger partial charge in [-0.25, -0.2) is 4.79 Å². The van der Waals surface area contributed by atoms with Crippen LogP contribution >= 0.6 is 0 Å². The molecule has 0 saturated heterocycles. The lowest BCUT2D eigenvalue weighted by atomic mass is 10.1. The van der Waals surface area contributed by atoms with Gasteiger partial charge in [-0.1, -0.05) is 25.5 Å². The van der Waals surface area contributed by atoms with Crippen LogP contribution in [0.5, 0.6) is 0 Å². The van der Waals surface area contributed by atoms with Gasteiger partial charge in [0.15, 0.2) is 0 Å². The number of benzene rings is 1. The van der Waals surface area contributed by atoms with Gasteiger partial charge in [0, 0.05) is 11.6 Å². The quantitative estimate of drug-likeness (QED) is 0.753. The van der Waals surface area contributed by atoms with Crippen LogP contribution in [0.2, 0.25) is 0 Å². The zero-order valence-corrected chi connectivity index (χ0v) is 10.3. The van der Waals surface area contributed by atoms with Crippen LogP contribution < -0.4 is 0 Å². The van der Waals surface area contributed by atoms with Crippen molar-refractivity contribution in [3.63, 3.8) is 0 Å². The number of ether oxygens (including phenoxy) is 1. The third-order valence-corrected chi connectivity index (χ3v) is 2.87. The molecule has 1 aromatic heterocycles. The summed E-state index contributed by atoms with van der Waals surface area (Å²) in [6, 6.07) is 7.87. The van der Waals surface area contributed by atoms with Crippen molar-refractivity contribution in [2.24, 2.45) is 0 Å². The first-order valence-electron chi connectivity index (χ1n) is 5.98. The molecule has 0 bridgehead atoms. The van der Waals surface area contributed by atoms with Crippen LogP contribution in [0, 0.1) is 6.92 Å². The highest BCUT2D eigenvalue weighted by Crippen LogP contribution is 2.19. The van der Waals surface area contributed by atoms with Gasteiger partial charge in [0.25, 0.3) is 0 Å². The highest BCUT2D eigenvalue weighted by atomic mass is 16.5. The molecule has 0 spiro atoms. The number of unbranched alkanes of at least 4 members (excludes halogenated alkanes) is 1. The summed E-state index contributed by atoms with van der Waals surface area (Å²) in [6.07, 6.45) is 3.41. The van der Waals surface area contributed by atoms with Gasteiger partial charge < -0.3 is 4.74 Å². The maximum atomic E-state index is 11.8. The van der Waals surface area contributed by atoms with Crippen LogP contribution in [0.3, 0.4) is 0 Å². The van der Waals surface area contributed by atoms with Crippen LogP contribution in [-0.4, -0.2) is 17.3 Å². The molecule has 17 heavy (non-hydrogen) atoms. The zero-order valence-electron chi connectivity index (χ0n) is 10.3. The van der Waals surface area contributed by atoms with E-state index in [1.54, 1.807) is 10.8 Å². The molecule has 90 valence electrons. The van der Waals surface area contributed by atoms with E-state index in [1.165, 1.54) is 5.56 Å². The lowest BCUT2D eigenvalue weighted by molar-refractivity contribution is 0.147. The molecule has 0 aliphatic heterocycles. The van der Waals surface area contributed by atoms with Crippen molar-refractivity contribution in [2.45, 2.75) is 26.7 Å². The molecule has 0 amide bonds. The molecule has 0 N–H and O–H groups in total. The first kappa shape index (κ1) is 11.7. The fraction of sp³-hybridized carbons (Fsp3) is 0.357. The minimum Gasteiger partial charge on any atom is -0.449 e. The molecule has 3 heteroatoms. The van der Waals surface area contributed by atoms with E-state index in [4.69, 9.17) is 4.74 Å². The van der Waals surface area contributed by atoms with E-state index >= 15 is 0 Å². The van der Waals surface area contributed by atoms with Gasteiger partial charge in [0.1, 0.15) is 0 Å². The number of nitrogens with zero attached hydrogens (tertiary/aromatic N) is 1. The predicted octanol–water partition coefficient (Wildman–Crippen LogP) is 3.73. The largest absolute Gasteiger partial charge is 0.449 e. The van der Waals surface area contributed by atoms with Crippen molar-refractivity contribution in [3.8, 4) is 0 Å². The minimum absolute atomic E-state index is 0.293. The Bertz CT molecular complexity index is 528. The molecule has 2 rings (SSSR count). The maximum absolute atomic E-state index is 11.8. The number of carbonyl (C=O) groups is 1. The van der Waals surface area contributed by atoms with E-state index in [0.717, 1.165) is 23.7 Å². The Morgan fingerprint density at radius 3 is 2.94 bits per heavy atom. The summed E-state index contributed by atoms with van der Waals surface area (Å²) in [5.41, 5.74) is 2.08. The van der Waals surface area contributed by atoms with Gasteiger partial charge in [-0.05, 0) is 31.0 Å². The number of rotatable bonds is 3. The van der Waals surface area contributed by atoms with Gasteiger partial charge in [-0.2, -0.15) is 0 Å². The molecular weight excluding hydrogens is 214 g/mol. The molecule has 0 atom stereocenters. The van der Waals surface area contributed by atoms with Crippen molar-refractivity contribution in [3.05, 3.63) is 36.0 Å². The normalized spacial score (nSPS) is 10.7. The minimum atomic E-state index is -0.293.